The van der Waals surface area contributed by atoms with Gasteiger partial charge in [0, 0.05) is 24.5 Å². The third kappa shape index (κ3) is 8.65. The van der Waals surface area contributed by atoms with Crippen LogP contribution in [0.5, 0.6) is 5.75 Å². The molecule has 0 unspecified atom stereocenters. The number of benzene rings is 4. The van der Waals surface area contributed by atoms with E-state index in [0.717, 1.165) is 15.4 Å². The number of halogens is 1. The highest BCUT2D eigenvalue weighted by molar-refractivity contribution is 7.92. The lowest BCUT2D eigenvalue weighted by Gasteiger charge is -2.34. The number of hydrogen-bond acceptors (Lipinski definition) is 5. The molecule has 8 nitrogen and oxygen atoms in total. The molecule has 10 heteroatoms. The first-order valence-electron chi connectivity index (χ1n) is 14.7. The molecule has 0 bridgehead atoms. The number of methoxy groups -OCH3 is 1. The van der Waals surface area contributed by atoms with Crippen molar-refractivity contribution in [3.05, 3.63) is 125 Å². The molecule has 4 aromatic carbocycles. The zero-order valence-corrected chi connectivity index (χ0v) is 27.2. The Kier molecular flexibility index (Phi) is 11.6. The van der Waals surface area contributed by atoms with Crippen molar-refractivity contribution in [1.82, 2.24) is 10.2 Å². The summed E-state index contributed by atoms with van der Waals surface area (Å²) in [4.78, 5) is 29.7. The number of para-hydroxylation sites is 2. The zero-order chi connectivity index (χ0) is 32.4. The van der Waals surface area contributed by atoms with Crippen molar-refractivity contribution >= 4 is 39.1 Å². The van der Waals surface area contributed by atoms with Crippen LogP contribution >= 0.6 is 11.6 Å². The monoisotopic (exact) mass is 647 g/mol. The summed E-state index contributed by atoms with van der Waals surface area (Å²) in [5, 5.41) is 3.42. The Labute approximate surface area is 270 Å². The molecule has 0 saturated carbocycles. The van der Waals surface area contributed by atoms with E-state index in [1.807, 2.05) is 50.2 Å². The quantitative estimate of drug-likeness (QED) is 0.181. The number of rotatable bonds is 14. The van der Waals surface area contributed by atoms with Gasteiger partial charge in [0.05, 0.1) is 17.7 Å². The number of aryl methyl sites for hydroxylation is 1. The summed E-state index contributed by atoms with van der Waals surface area (Å²) < 4.78 is 35.0. The number of carbonyl (C=O) groups excluding carboxylic acids is 2. The van der Waals surface area contributed by atoms with E-state index in [9.17, 15) is 18.0 Å². The molecular formula is C35H38ClN3O5S. The van der Waals surface area contributed by atoms with Crippen LogP contribution in [-0.4, -0.2) is 51.4 Å². The second-order valence-electron chi connectivity index (χ2n) is 10.6. The van der Waals surface area contributed by atoms with Crippen molar-refractivity contribution in [2.45, 2.75) is 44.2 Å². The van der Waals surface area contributed by atoms with Gasteiger partial charge in [-0.1, -0.05) is 90.8 Å². The number of hydrogen-bond donors (Lipinski definition) is 1. The predicted octanol–water partition coefficient (Wildman–Crippen LogP) is 6.02. The Balaban J connectivity index is 1.82. The maximum Gasteiger partial charge on any atom is 0.264 e. The summed E-state index contributed by atoms with van der Waals surface area (Å²) in [5.41, 5.74) is 2.64. The third-order valence-corrected chi connectivity index (χ3v) is 9.31. The Bertz CT molecular complexity index is 1700. The fourth-order valence-electron chi connectivity index (χ4n) is 4.94. The van der Waals surface area contributed by atoms with Gasteiger partial charge in [0.1, 0.15) is 18.3 Å². The lowest BCUT2D eigenvalue weighted by molar-refractivity contribution is -0.140. The minimum absolute atomic E-state index is 0.0229. The molecule has 0 aromatic heterocycles. The van der Waals surface area contributed by atoms with E-state index in [4.69, 9.17) is 16.3 Å². The van der Waals surface area contributed by atoms with Gasteiger partial charge in [-0.2, -0.15) is 0 Å². The van der Waals surface area contributed by atoms with Crippen molar-refractivity contribution in [1.29, 1.82) is 0 Å². The topological polar surface area (TPSA) is 96.0 Å². The van der Waals surface area contributed by atoms with Crippen LogP contribution in [0.25, 0.3) is 0 Å². The van der Waals surface area contributed by atoms with Gasteiger partial charge in [-0.25, -0.2) is 8.42 Å². The minimum Gasteiger partial charge on any atom is -0.495 e. The maximum absolute atomic E-state index is 14.5. The number of nitrogens with zero attached hydrogens (tertiary/aromatic N) is 2. The highest BCUT2D eigenvalue weighted by atomic mass is 35.5. The van der Waals surface area contributed by atoms with Crippen LogP contribution in [0.4, 0.5) is 5.69 Å². The molecule has 45 heavy (non-hydrogen) atoms. The van der Waals surface area contributed by atoms with Crippen molar-refractivity contribution in [2.75, 3.05) is 24.5 Å². The molecule has 0 aliphatic heterocycles. The standard InChI is InChI=1S/C35H38ClN3O5S/c1-4-21-37-35(41)32(23-27-11-6-5-7-12-27)38(24-28-13-10-14-29(36)22-28)34(40)25-39(31-15-8-9-16-33(31)44-3)45(42,43)30-19-17-26(2)18-20-30/h5-20,22,32H,4,21,23-25H2,1-3H3,(H,37,41)/t32-/m1/s1. The largest absolute Gasteiger partial charge is 0.495 e. The smallest absolute Gasteiger partial charge is 0.264 e. The van der Waals surface area contributed by atoms with Gasteiger partial charge < -0.3 is 15.0 Å². The molecule has 4 aromatic rings. The molecular weight excluding hydrogens is 610 g/mol. The molecule has 0 saturated heterocycles. The van der Waals surface area contributed by atoms with E-state index >= 15 is 0 Å². The summed E-state index contributed by atoms with van der Waals surface area (Å²) in [7, 11) is -2.81. The van der Waals surface area contributed by atoms with Crippen molar-refractivity contribution in [2.24, 2.45) is 0 Å². The van der Waals surface area contributed by atoms with Crippen molar-refractivity contribution < 1.29 is 22.7 Å². The van der Waals surface area contributed by atoms with Crippen LogP contribution in [0.1, 0.15) is 30.0 Å². The molecule has 1 N–H and O–H groups in total. The lowest BCUT2D eigenvalue weighted by atomic mass is 10.0. The van der Waals surface area contributed by atoms with E-state index in [0.29, 0.717) is 23.6 Å². The minimum atomic E-state index is -4.25. The summed E-state index contributed by atoms with van der Waals surface area (Å²) in [6.07, 6.45) is 0.935. The van der Waals surface area contributed by atoms with Crippen LogP contribution in [0.2, 0.25) is 5.02 Å². The average Bonchev–Trinajstić information content (AvgIpc) is 3.04. The molecule has 0 radical (unpaired) electrons. The van der Waals surface area contributed by atoms with Crippen LogP contribution in [0.15, 0.2) is 108 Å². The third-order valence-electron chi connectivity index (χ3n) is 7.30. The highest BCUT2D eigenvalue weighted by Crippen LogP contribution is 2.33. The molecule has 4 rings (SSSR count). The van der Waals surface area contributed by atoms with Crippen LogP contribution in [-0.2, 0) is 32.6 Å². The van der Waals surface area contributed by atoms with E-state index in [2.05, 4.69) is 5.32 Å². The second-order valence-corrected chi connectivity index (χ2v) is 12.9. The number of nitrogens with one attached hydrogen (secondary N) is 1. The number of anilines is 1. The summed E-state index contributed by atoms with van der Waals surface area (Å²) >= 11 is 6.30. The SMILES string of the molecule is CCCNC(=O)[C@@H](Cc1ccccc1)N(Cc1cccc(Cl)c1)C(=O)CN(c1ccccc1OC)S(=O)(=O)c1ccc(C)cc1. The molecule has 0 aliphatic rings. The van der Waals surface area contributed by atoms with Crippen molar-refractivity contribution in [3.63, 3.8) is 0 Å². The van der Waals surface area contributed by atoms with Gasteiger partial charge in [-0.3, -0.25) is 13.9 Å². The first-order valence-corrected chi connectivity index (χ1v) is 16.5. The molecule has 2 amide bonds. The highest BCUT2D eigenvalue weighted by Gasteiger charge is 2.35. The number of sulfonamides is 1. The Morgan fingerprint density at radius 2 is 1.56 bits per heavy atom. The normalized spacial score (nSPS) is 11.8. The van der Waals surface area contributed by atoms with Gasteiger partial charge in [0.25, 0.3) is 10.0 Å². The first kappa shape index (κ1) is 33.6. The maximum atomic E-state index is 14.5. The molecule has 0 heterocycles. The molecule has 236 valence electrons. The van der Waals surface area contributed by atoms with Crippen LogP contribution in [0.3, 0.4) is 0 Å². The Hall–Kier alpha value is -4.34. The van der Waals surface area contributed by atoms with E-state index < -0.39 is 28.5 Å². The van der Waals surface area contributed by atoms with Crippen LogP contribution in [0, 0.1) is 6.92 Å². The number of amides is 2. The van der Waals surface area contributed by atoms with E-state index in [-0.39, 0.29) is 35.2 Å². The Morgan fingerprint density at radius 1 is 0.889 bits per heavy atom. The second kappa shape index (κ2) is 15.6. The first-order chi connectivity index (χ1) is 21.6. The van der Waals surface area contributed by atoms with Gasteiger partial charge in [-0.05, 0) is 60.9 Å². The molecule has 0 spiro atoms. The molecule has 1 atom stereocenters. The molecule has 0 fully saturated rings. The fraction of sp³-hybridized carbons (Fsp3) is 0.257. The van der Waals surface area contributed by atoms with E-state index in [1.54, 1.807) is 54.6 Å². The number of carbonyl (C=O) groups is 2. The van der Waals surface area contributed by atoms with Gasteiger partial charge >= 0.3 is 0 Å². The zero-order valence-electron chi connectivity index (χ0n) is 25.6. The summed E-state index contributed by atoms with van der Waals surface area (Å²) in [6, 6.07) is 28.6. The van der Waals surface area contributed by atoms with Gasteiger partial charge in [-0.15, -0.1) is 0 Å². The van der Waals surface area contributed by atoms with Gasteiger partial charge in [0.15, 0.2) is 0 Å². The van der Waals surface area contributed by atoms with Gasteiger partial charge in [0.2, 0.25) is 11.8 Å². The molecule has 0 aliphatic carbocycles. The van der Waals surface area contributed by atoms with Crippen LogP contribution < -0.4 is 14.4 Å². The Morgan fingerprint density at radius 3 is 2.22 bits per heavy atom. The fourth-order valence-corrected chi connectivity index (χ4v) is 6.58. The summed E-state index contributed by atoms with van der Waals surface area (Å²) in [6.45, 7) is 3.69. The number of ether oxygens (including phenoxy) is 1. The lowest BCUT2D eigenvalue weighted by Crippen LogP contribution is -2.53. The average molecular weight is 648 g/mol. The predicted molar refractivity (Wildman–Crippen MR) is 178 cm³/mol. The van der Waals surface area contributed by atoms with Crippen molar-refractivity contribution in [3.8, 4) is 5.75 Å². The summed E-state index contributed by atoms with van der Waals surface area (Å²) in [5.74, 6) is -0.616. The van der Waals surface area contributed by atoms with E-state index in [1.165, 1.54) is 24.1 Å².